The van der Waals surface area contributed by atoms with Crippen LogP contribution in [0.3, 0.4) is 0 Å². The number of benzene rings is 4. The summed E-state index contributed by atoms with van der Waals surface area (Å²) in [6.45, 7) is 3.24. The Kier molecular flexibility index (Phi) is 10.5. The van der Waals surface area contributed by atoms with Crippen molar-refractivity contribution in [2.75, 3.05) is 17.9 Å². The molecule has 2 amide bonds. The normalized spacial score (nSPS) is 11.9. The van der Waals surface area contributed by atoms with Gasteiger partial charge in [-0.3, -0.25) is 13.9 Å². The van der Waals surface area contributed by atoms with E-state index >= 15 is 0 Å². The molecule has 0 saturated carbocycles. The SMILES string of the molecule is CNC(=O)[C@H](Cc1ccccc1)N(Cc1cccc(C)c1)C(=O)CN(c1cc(Cl)ccc1Cl)S(=O)(=O)c1ccc(C)cc1. The molecule has 224 valence electrons. The van der Waals surface area contributed by atoms with Crippen LogP contribution in [0.2, 0.25) is 10.0 Å². The molecule has 0 bridgehead atoms. The fourth-order valence-electron chi connectivity index (χ4n) is 4.76. The number of sulfonamides is 1. The van der Waals surface area contributed by atoms with E-state index in [9.17, 15) is 18.0 Å². The first-order chi connectivity index (χ1) is 20.5. The molecule has 7 nitrogen and oxygen atoms in total. The molecule has 1 atom stereocenters. The summed E-state index contributed by atoms with van der Waals surface area (Å²) in [7, 11) is -2.78. The number of halogens is 2. The first-order valence-electron chi connectivity index (χ1n) is 13.6. The lowest BCUT2D eigenvalue weighted by Crippen LogP contribution is -2.53. The Labute approximate surface area is 263 Å². The molecule has 0 aliphatic rings. The number of hydrogen-bond donors (Lipinski definition) is 1. The number of hydrogen-bond acceptors (Lipinski definition) is 4. The van der Waals surface area contributed by atoms with Crippen LogP contribution >= 0.6 is 23.2 Å². The van der Waals surface area contributed by atoms with E-state index in [0.29, 0.717) is 0 Å². The van der Waals surface area contributed by atoms with Gasteiger partial charge < -0.3 is 10.2 Å². The second-order valence-electron chi connectivity index (χ2n) is 10.3. The van der Waals surface area contributed by atoms with Gasteiger partial charge in [-0.2, -0.15) is 0 Å². The number of anilines is 1. The maximum atomic E-state index is 14.4. The number of nitrogens with zero attached hydrogens (tertiary/aromatic N) is 2. The van der Waals surface area contributed by atoms with E-state index in [0.717, 1.165) is 26.6 Å². The van der Waals surface area contributed by atoms with Gasteiger partial charge in [-0.1, -0.05) is 101 Å². The summed E-state index contributed by atoms with van der Waals surface area (Å²) in [6, 6.07) is 26.8. The van der Waals surface area contributed by atoms with Gasteiger partial charge in [0.1, 0.15) is 12.6 Å². The van der Waals surface area contributed by atoms with Crippen molar-refractivity contribution < 1.29 is 18.0 Å². The molecule has 10 heteroatoms. The molecule has 1 N–H and O–H groups in total. The molecular formula is C33H33Cl2N3O4S. The average Bonchev–Trinajstić information content (AvgIpc) is 2.99. The fraction of sp³-hybridized carbons (Fsp3) is 0.212. The van der Waals surface area contributed by atoms with Gasteiger partial charge in [-0.15, -0.1) is 0 Å². The lowest BCUT2D eigenvalue weighted by molar-refractivity contribution is -0.139. The van der Waals surface area contributed by atoms with Gasteiger partial charge in [0.15, 0.2) is 0 Å². The zero-order chi connectivity index (χ0) is 31.1. The van der Waals surface area contributed by atoms with E-state index in [1.54, 1.807) is 12.1 Å². The third kappa shape index (κ3) is 7.96. The lowest BCUT2D eigenvalue weighted by Gasteiger charge is -2.34. The first-order valence-corrected chi connectivity index (χ1v) is 15.8. The highest BCUT2D eigenvalue weighted by Gasteiger charge is 2.35. The highest BCUT2D eigenvalue weighted by molar-refractivity contribution is 7.92. The molecule has 0 spiro atoms. The van der Waals surface area contributed by atoms with Crippen LogP contribution in [0, 0.1) is 13.8 Å². The van der Waals surface area contributed by atoms with Crippen molar-refractivity contribution in [1.29, 1.82) is 0 Å². The van der Waals surface area contributed by atoms with Gasteiger partial charge in [-0.25, -0.2) is 8.42 Å². The quantitative estimate of drug-likeness (QED) is 0.212. The Morgan fingerprint density at radius 2 is 1.49 bits per heavy atom. The largest absolute Gasteiger partial charge is 0.357 e. The first kappa shape index (κ1) is 32.1. The fourth-order valence-corrected chi connectivity index (χ4v) is 6.62. The topological polar surface area (TPSA) is 86.8 Å². The highest BCUT2D eigenvalue weighted by Crippen LogP contribution is 2.33. The number of carbonyl (C=O) groups excluding carboxylic acids is 2. The molecule has 0 aromatic heterocycles. The van der Waals surface area contributed by atoms with Gasteiger partial charge in [0.2, 0.25) is 11.8 Å². The summed E-state index contributed by atoms with van der Waals surface area (Å²) in [5.74, 6) is -0.962. The van der Waals surface area contributed by atoms with E-state index in [-0.39, 0.29) is 39.5 Å². The minimum Gasteiger partial charge on any atom is -0.357 e. The van der Waals surface area contributed by atoms with Crippen molar-refractivity contribution in [3.8, 4) is 0 Å². The molecule has 0 unspecified atom stereocenters. The van der Waals surface area contributed by atoms with E-state index in [4.69, 9.17) is 23.2 Å². The maximum absolute atomic E-state index is 14.4. The van der Waals surface area contributed by atoms with Crippen LogP contribution in [0.25, 0.3) is 0 Å². The smallest absolute Gasteiger partial charge is 0.264 e. The summed E-state index contributed by atoms with van der Waals surface area (Å²) in [6.07, 6.45) is 0.223. The van der Waals surface area contributed by atoms with E-state index in [1.807, 2.05) is 68.4 Å². The Balaban J connectivity index is 1.82. The lowest BCUT2D eigenvalue weighted by atomic mass is 10.0. The molecule has 0 heterocycles. The predicted molar refractivity (Wildman–Crippen MR) is 172 cm³/mol. The van der Waals surface area contributed by atoms with Crippen molar-refractivity contribution >= 4 is 50.7 Å². The molecule has 0 saturated heterocycles. The highest BCUT2D eigenvalue weighted by atomic mass is 35.5. The number of amides is 2. The molecule has 0 aliphatic carbocycles. The summed E-state index contributed by atoms with van der Waals surface area (Å²) in [4.78, 5) is 29.1. The van der Waals surface area contributed by atoms with Crippen molar-refractivity contribution in [3.05, 3.63) is 129 Å². The number of nitrogens with one attached hydrogen (secondary N) is 1. The predicted octanol–water partition coefficient (Wildman–Crippen LogP) is 6.19. The van der Waals surface area contributed by atoms with Crippen LogP contribution in [0.15, 0.2) is 102 Å². The third-order valence-electron chi connectivity index (χ3n) is 7.02. The Hall–Kier alpha value is -3.85. The summed E-state index contributed by atoms with van der Waals surface area (Å²) in [5.41, 5.74) is 3.56. The Bertz CT molecular complexity index is 1700. The summed E-state index contributed by atoms with van der Waals surface area (Å²) < 4.78 is 29.1. The zero-order valence-corrected chi connectivity index (χ0v) is 26.5. The number of rotatable bonds is 11. The number of carbonyl (C=O) groups is 2. The van der Waals surface area contributed by atoms with Gasteiger partial charge in [-0.05, 0) is 55.3 Å². The second-order valence-corrected chi connectivity index (χ2v) is 13.0. The van der Waals surface area contributed by atoms with Gasteiger partial charge in [0, 0.05) is 25.0 Å². The number of likely N-dealkylation sites (N-methyl/N-ethyl adjacent to an activating group) is 1. The molecule has 4 aromatic carbocycles. The zero-order valence-electron chi connectivity index (χ0n) is 24.1. The molecular weight excluding hydrogens is 605 g/mol. The maximum Gasteiger partial charge on any atom is 0.264 e. The second kappa shape index (κ2) is 14.1. The van der Waals surface area contributed by atoms with Crippen molar-refractivity contribution in [1.82, 2.24) is 10.2 Å². The molecule has 0 fully saturated rings. The minimum atomic E-state index is -4.29. The minimum absolute atomic E-state index is 0.0145. The summed E-state index contributed by atoms with van der Waals surface area (Å²) in [5, 5.41) is 3.03. The van der Waals surface area contributed by atoms with Gasteiger partial charge in [0.25, 0.3) is 10.0 Å². The Morgan fingerprint density at radius 3 is 2.14 bits per heavy atom. The molecule has 43 heavy (non-hydrogen) atoms. The van der Waals surface area contributed by atoms with Crippen LogP contribution in [0.1, 0.15) is 22.3 Å². The molecule has 0 radical (unpaired) electrons. The van der Waals surface area contributed by atoms with E-state index in [2.05, 4.69) is 5.32 Å². The molecule has 0 aliphatic heterocycles. The van der Waals surface area contributed by atoms with Crippen LogP contribution in [-0.2, 0) is 32.6 Å². The van der Waals surface area contributed by atoms with E-state index < -0.39 is 28.5 Å². The average molecular weight is 639 g/mol. The van der Waals surface area contributed by atoms with Crippen LogP contribution in [0.4, 0.5) is 5.69 Å². The van der Waals surface area contributed by atoms with Crippen molar-refractivity contribution in [2.45, 2.75) is 37.8 Å². The van der Waals surface area contributed by atoms with Gasteiger partial charge in [0.05, 0.1) is 15.6 Å². The monoisotopic (exact) mass is 637 g/mol. The van der Waals surface area contributed by atoms with Crippen LogP contribution in [0.5, 0.6) is 0 Å². The van der Waals surface area contributed by atoms with Crippen LogP contribution in [-0.4, -0.2) is 44.8 Å². The Morgan fingerprint density at radius 1 is 0.814 bits per heavy atom. The van der Waals surface area contributed by atoms with Crippen molar-refractivity contribution in [3.63, 3.8) is 0 Å². The molecule has 4 rings (SSSR count). The van der Waals surface area contributed by atoms with E-state index in [1.165, 1.54) is 42.3 Å². The van der Waals surface area contributed by atoms with Crippen LogP contribution < -0.4 is 9.62 Å². The summed E-state index contributed by atoms with van der Waals surface area (Å²) >= 11 is 12.8. The molecule has 4 aromatic rings. The third-order valence-corrected chi connectivity index (χ3v) is 9.35. The number of aryl methyl sites for hydroxylation is 2. The van der Waals surface area contributed by atoms with Gasteiger partial charge >= 0.3 is 0 Å². The van der Waals surface area contributed by atoms with Crippen molar-refractivity contribution in [2.24, 2.45) is 0 Å². The standard InChI is InChI=1S/C33H33Cl2N3O4S/c1-23-12-15-28(16-13-23)43(41,42)38(30-20-27(34)14-17-29(30)35)22-32(39)37(21-26-11-7-8-24(2)18-26)31(33(40)36-3)19-25-9-5-4-6-10-25/h4-18,20,31H,19,21-22H2,1-3H3,(H,36,40)/t31-/m0/s1.